The predicted molar refractivity (Wildman–Crippen MR) is 156 cm³/mol. The lowest BCUT2D eigenvalue weighted by Crippen LogP contribution is -2.42. The van der Waals surface area contributed by atoms with E-state index < -0.39 is 12.2 Å². The van der Waals surface area contributed by atoms with Gasteiger partial charge in [-0.15, -0.1) is 0 Å². The molecule has 8 nitrogen and oxygen atoms in total. The van der Waals surface area contributed by atoms with Gasteiger partial charge in [0.2, 0.25) is 0 Å². The van der Waals surface area contributed by atoms with Gasteiger partial charge in [-0.3, -0.25) is 4.90 Å². The highest BCUT2D eigenvalue weighted by Gasteiger charge is 2.34. The molecule has 2 amide bonds. The van der Waals surface area contributed by atoms with Gasteiger partial charge < -0.3 is 14.8 Å². The van der Waals surface area contributed by atoms with Crippen LogP contribution in [0.2, 0.25) is 0 Å². The Kier molecular flexibility index (Phi) is 8.86. The van der Waals surface area contributed by atoms with Gasteiger partial charge in [-0.1, -0.05) is 60.7 Å². The summed E-state index contributed by atoms with van der Waals surface area (Å²) < 4.78 is 13.4. The second-order valence-corrected chi connectivity index (χ2v) is 12.5. The fourth-order valence-electron chi connectivity index (χ4n) is 4.88. The molecule has 0 radical (unpaired) electrons. The lowest BCUT2D eigenvalue weighted by atomic mass is 10.0. The average Bonchev–Trinajstić information content (AvgIpc) is 3.53. The molecule has 0 spiro atoms. The maximum atomic E-state index is 13.6. The highest BCUT2D eigenvalue weighted by atomic mass is 16.6. The number of carbonyl (C=O) groups is 2. The lowest BCUT2D eigenvalue weighted by Gasteiger charge is -2.28. The van der Waals surface area contributed by atoms with Gasteiger partial charge in [-0.2, -0.15) is 5.10 Å². The van der Waals surface area contributed by atoms with E-state index in [0.29, 0.717) is 18.8 Å². The van der Waals surface area contributed by atoms with Crippen molar-refractivity contribution < 1.29 is 19.1 Å². The van der Waals surface area contributed by atoms with Crippen molar-refractivity contribution in [2.24, 2.45) is 0 Å². The van der Waals surface area contributed by atoms with Gasteiger partial charge in [-0.05, 0) is 71.9 Å². The molecule has 1 N–H and O–H groups in total. The molecule has 214 valence electrons. The largest absolute Gasteiger partial charge is 0.446 e. The standard InChI is InChI=1S/C32H42N4O4/c1-31(2,3)33-29(37)40-26-18-17-25(19-26)27-20-28(36(34-27)32(4,5)6)35(21-23-13-9-7-10-14-23)30(38)39-22-24-15-11-8-12-16-24/h7-16,20,25-26H,17-19,21-22H2,1-6H3,(H,33,37)/t25-,26+/m0/s1. The summed E-state index contributed by atoms with van der Waals surface area (Å²) >= 11 is 0. The summed E-state index contributed by atoms with van der Waals surface area (Å²) in [6.07, 6.45) is 1.31. The van der Waals surface area contributed by atoms with Gasteiger partial charge in [0.25, 0.3) is 0 Å². The second kappa shape index (κ2) is 12.1. The smallest absolute Gasteiger partial charge is 0.416 e. The van der Waals surface area contributed by atoms with Crippen LogP contribution < -0.4 is 10.2 Å². The average molecular weight is 547 g/mol. The van der Waals surface area contributed by atoms with Crippen LogP contribution in [0.15, 0.2) is 66.7 Å². The number of alkyl carbamates (subject to hydrolysis) is 1. The maximum absolute atomic E-state index is 13.6. The van der Waals surface area contributed by atoms with Crippen LogP contribution in [0, 0.1) is 0 Å². The van der Waals surface area contributed by atoms with E-state index in [-0.39, 0.29) is 29.7 Å². The molecule has 4 rings (SSSR count). The van der Waals surface area contributed by atoms with E-state index in [9.17, 15) is 9.59 Å². The summed E-state index contributed by atoms with van der Waals surface area (Å²) in [5, 5.41) is 7.88. The summed E-state index contributed by atoms with van der Waals surface area (Å²) in [4.78, 5) is 27.6. The van der Waals surface area contributed by atoms with Crippen LogP contribution in [0.4, 0.5) is 15.4 Å². The number of nitrogens with one attached hydrogen (secondary N) is 1. The van der Waals surface area contributed by atoms with E-state index in [1.807, 2.05) is 92.2 Å². The van der Waals surface area contributed by atoms with Crippen molar-refractivity contribution in [1.29, 1.82) is 0 Å². The van der Waals surface area contributed by atoms with Crippen LogP contribution in [0.3, 0.4) is 0 Å². The first-order valence-electron chi connectivity index (χ1n) is 14.0. The fraction of sp³-hybridized carbons (Fsp3) is 0.469. The number of anilines is 1. The number of carbonyl (C=O) groups excluding carboxylic acids is 2. The molecule has 0 bridgehead atoms. The lowest BCUT2D eigenvalue weighted by molar-refractivity contribution is 0.0936. The summed E-state index contributed by atoms with van der Waals surface area (Å²) in [5.74, 6) is 0.799. The van der Waals surface area contributed by atoms with Crippen LogP contribution >= 0.6 is 0 Å². The van der Waals surface area contributed by atoms with Crippen molar-refractivity contribution in [1.82, 2.24) is 15.1 Å². The number of hydrogen-bond donors (Lipinski definition) is 1. The zero-order valence-corrected chi connectivity index (χ0v) is 24.5. The van der Waals surface area contributed by atoms with E-state index >= 15 is 0 Å². The predicted octanol–water partition coefficient (Wildman–Crippen LogP) is 7.14. The Morgan fingerprint density at radius 2 is 1.57 bits per heavy atom. The number of hydrogen-bond acceptors (Lipinski definition) is 5. The van der Waals surface area contributed by atoms with Crippen molar-refractivity contribution >= 4 is 18.0 Å². The molecule has 2 atom stereocenters. The minimum atomic E-state index is -0.434. The quantitative estimate of drug-likeness (QED) is 0.340. The molecule has 2 aromatic carbocycles. The molecule has 1 aliphatic rings. The molecular formula is C32H42N4O4. The number of aromatic nitrogens is 2. The van der Waals surface area contributed by atoms with Crippen molar-refractivity contribution in [2.45, 2.75) is 97.1 Å². The molecular weight excluding hydrogens is 504 g/mol. The van der Waals surface area contributed by atoms with Gasteiger partial charge in [-0.25, -0.2) is 14.3 Å². The minimum Gasteiger partial charge on any atom is -0.446 e. The van der Waals surface area contributed by atoms with Crippen LogP contribution in [-0.2, 0) is 28.2 Å². The first kappa shape index (κ1) is 29.2. The summed E-state index contributed by atoms with van der Waals surface area (Å²) in [7, 11) is 0. The van der Waals surface area contributed by atoms with E-state index in [1.165, 1.54) is 0 Å². The third-order valence-corrected chi connectivity index (χ3v) is 6.78. The Labute approximate surface area is 237 Å². The van der Waals surface area contributed by atoms with Crippen LogP contribution in [-0.4, -0.2) is 33.6 Å². The van der Waals surface area contributed by atoms with Crippen LogP contribution in [0.25, 0.3) is 0 Å². The van der Waals surface area contributed by atoms with Crippen LogP contribution in [0.5, 0.6) is 0 Å². The molecule has 1 fully saturated rings. The number of amides is 2. The SMILES string of the molecule is CC(C)(C)NC(=O)O[C@@H]1CC[C@H](c2cc(N(Cc3ccccc3)C(=O)OCc3ccccc3)n(C(C)(C)C)n2)C1. The summed E-state index contributed by atoms with van der Waals surface area (Å²) in [5.41, 5.74) is 2.06. The minimum absolute atomic E-state index is 0.119. The Hall–Kier alpha value is -3.81. The Balaban J connectivity index is 1.58. The van der Waals surface area contributed by atoms with Gasteiger partial charge in [0.15, 0.2) is 0 Å². The Morgan fingerprint density at radius 3 is 2.17 bits per heavy atom. The van der Waals surface area contributed by atoms with Crippen molar-refractivity contribution in [3.05, 3.63) is 83.6 Å². The zero-order valence-electron chi connectivity index (χ0n) is 24.5. The molecule has 1 aliphatic carbocycles. The van der Waals surface area contributed by atoms with Gasteiger partial charge >= 0.3 is 12.2 Å². The summed E-state index contributed by atoms with van der Waals surface area (Å²) in [6, 6.07) is 21.5. The van der Waals surface area contributed by atoms with Crippen molar-refractivity contribution in [2.75, 3.05) is 4.90 Å². The number of ether oxygens (including phenoxy) is 2. The zero-order chi connectivity index (χ0) is 28.9. The molecule has 8 heteroatoms. The molecule has 0 aliphatic heterocycles. The third kappa shape index (κ3) is 7.87. The normalized spacial score (nSPS) is 17.4. The Bertz CT molecular complexity index is 1280. The van der Waals surface area contributed by atoms with Crippen molar-refractivity contribution in [3.63, 3.8) is 0 Å². The number of nitrogens with zero attached hydrogens (tertiary/aromatic N) is 3. The first-order chi connectivity index (χ1) is 18.9. The molecule has 0 saturated heterocycles. The maximum Gasteiger partial charge on any atom is 0.416 e. The molecule has 1 heterocycles. The van der Waals surface area contributed by atoms with Crippen molar-refractivity contribution in [3.8, 4) is 0 Å². The molecule has 40 heavy (non-hydrogen) atoms. The first-order valence-corrected chi connectivity index (χ1v) is 14.0. The van der Waals surface area contributed by atoms with Gasteiger partial charge in [0.05, 0.1) is 17.8 Å². The molecule has 1 saturated carbocycles. The van der Waals surface area contributed by atoms with E-state index in [2.05, 4.69) is 26.1 Å². The number of rotatable bonds is 7. The molecule has 3 aromatic rings. The highest BCUT2D eigenvalue weighted by Crippen LogP contribution is 2.38. The van der Waals surface area contributed by atoms with Gasteiger partial charge in [0.1, 0.15) is 18.5 Å². The topological polar surface area (TPSA) is 85.7 Å². The summed E-state index contributed by atoms with van der Waals surface area (Å²) in [6.45, 7) is 12.5. The second-order valence-electron chi connectivity index (χ2n) is 12.5. The fourth-order valence-corrected chi connectivity index (χ4v) is 4.88. The number of benzene rings is 2. The highest BCUT2D eigenvalue weighted by molar-refractivity contribution is 5.86. The van der Waals surface area contributed by atoms with E-state index in [4.69, 9.17) is 14.6 Å². The van der Waals surface area contributed by atoms with Gasteiger partial charge in [0, 0.05) is 17.5 Å². The molecule has 0 unspecified atom stereocenters. The van der Waals surface area contributed by atoms with E-state index in [0.717, 1.165) is 29.7 Å². The third-order valence-electron chi connectivity index (χ3n) is 6.78. The monoisotopic (exact) mass is 546 g/mol. The van der Waals surface area contributed by atoms with E-state index in [1.54, 1.807) is 4.90 Å². The Morgan fingerprint density at radius 1 is 0.950 bits per heavy atom. The molecule has 1 aromatic heterocycles. The van der Waals surface area contributed by atoms with Crippen LogP contribution in [0.1, 0.15) is 83.5 Å².